The number of hydrogen-bond acceptors (Lipinski definition) is 5. The molecule has 1 atom stereocenters. The molecule has 0 radical (unpaired) electrons. The number of aryl methyl sites for hydroxylation is 2. The molecule has 4 rings (SSSR count). The number of hydrogen-bond donors (Lipinski definition) is 0. The summed E-state index contributed by atoms with van der Waals surface area (Å²) in [6.45, 7) is 8.70. The second-order valence-electron chi connectivity index (χ2n) is 8.51. The lowest BCUT2D eigenvalue weighted by Gasteiger charge is -2.38. The Hall–Kier alpha value is -3.61. The van der Waals surface area contributed by atoms with E-state index in [2.05, 4.69) is 42.0 Å². The Morgan fingerprint density at radius 2 is 1.67 bits per heavy atom. The van der Waals surface area contributed by atoms with Crippen LogP contribution in [0.15, 0.2) is 59.4 Å². The van der Waals surface area contributed by atoms with Crippen LogP contribution in [0.4, 0.5) is 5.69 Å². The summed E-state index contributed by atoms with van der Waals surface area (Å²) in [5, 5.41) is 4.50. The molecule has 33 heavy (non-hydrogen) atoms. The van der Waals surface area contributed by atoms with Crippen molar-refractivity contribution in [2.24, 2.45) is 0 Å². The number of amides is 1. The van der Waals surface area contributed by atoms with E-state index in [4.69, 9.17) is 4.74 Å². The van der Waals surface area contributed by atoms with Gasteiger partial charge in [-0.1, -0.05) is 12.1 Å². The van der Waals surface area contributed by atoms with Crippen molar-refractivity contribution < 1.29 is 9.53 Å². The quantitative estimate of drug-likeness (QED) is 0.601. The average molecular weight is 447 g/mol. The molecule has 7 nitrogen and oxygen atoms in total. The molecule has 0 N–H and O–H groups in total. The van der Waals surface area contributed by atoms with Crippen LogP contribution in [-0.4, -0.2) is 53.9 Å². The third kappa shape index (κ3) is 4.77. The van der Waals surface area contributed by atoms with Gasteiger partial charge < -0.3 is 14.5 Å². The molecule has 0 saturated carbocycles. The predicted molar refractivity (Wildman–Crippen MR) is 130 cm³/mol. The number of anilines is 1. The summed E-state index contributed by atoms with van der Waals surface area (Å²) in [4.78, 5) is 29.9. The van der Waals surface area contributed by atoms with Gasteiger partial charge in [0, 0.05) is 43.5 Å². The molecule has 7 heteroatoms. The molecule has 1 unspecified atom stereocenters. The highest BCUT2D eigenvalue weighted by molar-refractivity contribution is 5.80. The number of benzene rings is 2. The summed E-state index contributed by atoms with van der Waals surface area (Å²) < 4.78 is 6.49. The zero-order chi connectivity index (χ0) is 23.5. The van der Waals surface area contributed by atoms with E-state index in [0.29, 0.717) is 18.8 Å². The molecule has 3 aromatic rings. The number of piperazine rings is 1. The minimum absolute atomic E-state index is 0.0860. The zero-order valence-corrected chi connectivity index (χ0v) is 19.6. The normalized spacial score (nSPS) is 14.8. The molecule has 1 aromatic heterocycles. The highest BCUT2D eigenvalue weighted by Crippen LogP contribution is 2.24. The minimum atomic E-state index is -0.678. The van der Waals surface area contributed by atoms with Crippen LogP contribution in [0, 0.1) is 13.8 Å². The SMILES string of the molecule is COc1ccc(-c2ccc(=O)n(C(C)C(=O)N3CCN(c4cc(C)ccc4C)CC3)n2)cc1. The van der Waals surface area contributed by atoms with E-state index in [0.717, 1.165) is 24.4 Å². The Morgan fingerprint density at radius 3 is 2.33 bits per heavy atom. The summed E-state index contributed by atoms with van der Waals surface area (Å²) in [6, 6.07) is 16.4. The van der Waals surface area contributed by atoms with Gasteiger partial charge >= 0.3 is 0 Å². The smallest absolute Gasteiger partial charge is 0.267 e. The van der Waals surface area contributed by atoms with Gasteiger partial charge in [0.05, 0.1) is 12.8 Å². The van der Waals surface area contributed by atoms with Gasteiger partial charge in [0.25, 0.3) is 5.56 Å². The van der Waals surface area contributed by atoms with Gasteiger partial charge in [-0.2, -0.15) is 5.10 Å². The maximum Gasteiger partial charge on any atom is 0.267 e. The van der Waals surface area contributed by atoms with Gasteiger partial charge in [-0.05, 0) is 68.3 Å². The second-order valence-corrected chi connectivity index (χ2v) is 8.51. The molecule has 1 saturated heterocycles. The highest BCUT2D eigenvalue weighted by atomic mass is 16.5. The Labute approximate surface area is 194 Å². The molecule has 1 fully saturated rings. The number of nitrogens with zero attached hydrogens (tertiary/aromatic N) is 4. The van der Waals surface area contributed by atoms with Gasteiger partial charge in [-0.25, -0.2) is 4.68 Å². The maximum absolute atomic E-state index is 13.2. The van der Waals surface area contributed by atoms with Crippen molar-refractivity contribution in [1.82, 2.24) is 14.7 Å². The Bertz CT molecular complexity index is 1190. The topological polar surface area (TPSA) is 67.7 Å². The number of aromatic nitrogens is 2. The van der Waals surface area contributed by atoms with E-state index in [1.807, 2.05) is 29.2 Å². The van der Waals surface area contributed by atoms with Crippen LogP contribution in [0.2, 0.25) is 0 Å². The molecule has 1 aliphatic rings. The van der Waals surface area contributed by atoms with E-state index in [1.165, 1.54) is 27.6 Å². The van der Waals surface area contributed by atoms with Crippen LogP contribution in [0.5, 0.6) is 5.75 Å². The van der Waals surface area contributed by atoms with E-state index in [-0.39, 0.29) is 11.5 Å². The van der Waals surface area contributed by atoms with Crippen molar-refractivity contribution in [2.75, 3.05) is 38.2 Å². The first-order chi connectivity index (χ1) is 15.9. The fraction of sp³-hybridized carbons (Fsp3) is 0.346. The Kier molecular flexibility index (Phi) is 6.49. The van der Waals surface area contributed by atoms with Crippen LogP contribution in [-0.2, 0) is 4.79 Å². The van der Waals surface area contributed by atoms with Gasteiger partial charge in [-0.15, -0.1) is 0 Å². The molecule has 0 bridgehead atoms. The van der Waals surface area contributed by atoms with Crippen LogP contribution in [0.1, 0.15) is 24.1 Å². The summed E-state index contributed by atoms with van der Waals surface area (Å²) >= 11 is 0. The second kappa shape index (κ2) is 9.48. The monoisotopic (exact) mass is 446 g/mol. The van der Waals surface area contributed by atoms with Gasteiger partial charge in [0.2, 0.25) is 5.91 Å². The third-order valence-corrected chi connectivity index (χ3v) is 6.23. The van der Waals surface area contributed by atoms with Gasteiger partial charge in [0.15, 0.2) is 0 Å². The van der Waals surface area contributed by atoms with E-state index in [9.17, 15) is 9.59 Å². The van der Waals surface area contributed by atoms with Crippen molar-refractivity contribution in [1.29, 1.82) is 0 Å². The van der Waals surface area contributed by atoms with Gasteiger partial charge in [0.1, 0.15) is 11.8 Å². The molecule has 1 amide bonds. The third-order valence-electron chi connectivity index (χ3n) is 6.23. The molecule has 2 heterocycles. The van der Waals surface area contributed by atoms with Crippen LogP contribution < -0.4 is 15.2 Å². The largest absolute Gasteiger partial charge is 0.497 e. The standard InChI is InChI=1S/C26H30N4O3/c1-18-5-6-19(2)24(17-18)28-13-15-29(16-14-28)26(32)20(3)30-25(31)12-11-23(27-30)21-7-9-22(33-4)10-8-21/h5-12,17,20H,13-16H2,1-4H3. The summed E-state index contributed by atoms with van der Waals surface area (Å²) in [5.74, 6) is 0.660. The number of carbonyl (C=O) groups excluding carboxylic acids is 1. The zero-order valence-electron chi connectivity index (χ0n) is 19.6. The first-order valence-electron chi connectivity index (χ1n) is 11.2. The number of rotatable bonds is 5. The lowest BCUT2D eigenvalue weighted by molar-refractivity contribution is -0.135. The molecule has 2 aromatic carbocycles. The molecular formula is C26H30N4O3. The van der Waals surface area contributed by atoms with E-state index < -0.39 is 6.04 Å². The Balaban J connectivity index is 1.48. The maximum atomic E-state index is 13.2. The van der Waals surface area contributed by atoms with E-state index in [1.54, 1.807) is 20.1 Å². The van der Waals surface area contributed by atoms with Crippen molar-refractivity contribution in [3.8, 4) is 17.0 Å². The minimum Gasteiger partial charge on any atom is -0.497 e. The van der Waals surface area contributed by atoms with Crippen LogP contribution in [0.3, 0.4) is 0 Å². The molecule has 172 valence electrons. The van der Waals surface area contributed by atoms with Gasteiger partial charge in [-0.3, -0.25) is 9.59 Å². The van der Waals surface area contributed by atoms with E-state index >= 15 is 0 Å². The first kappa shape index (κ1) is 22.6. The Morgan fingerprint density at radius 1 is 0.970 bits per heavy atom. The van der Waals surface area contributed by atoms with Crippen LogP contribution >= 0.6 is 0 Å². The fourth-order valence-corrected chi connectivity index (χ4v) is 4.22. The summed E-state index contributed by atoms with van der Waals surface area (Å²) in [6.07, 6.45) is 0. The molecular weight excluding hydrogens is 416 g/mol. The first-order valence-corrected chi connectivity index (χ1v) is 11.2. The highest BCUT2D eigenvalue weighted by Gasteiger charge is 2.27. The molecule has 1 aliphatic heterocycles. The van der Waals surface area contributed by atoms with Crippen LogP contribution in [0.25, 0.3) is 11.3 Å². The number of carbonyl (C=O) groups is 1. The predicted octanol–water partition coefficient (Wildman–Crippen LogP) is 3.45. The summed E-state index contributed by atoms with van der Waals surface area (Å²) in [5.41, 5.74) is 4.88. The lowest BCUT2D eigenvalue weighted by Crippen LogP contribution is -2.51. The van der Waals surface area contributed by atoms with Crippen molar-refractivity contribution in [3.05, 3.63) is 76.1 Å². The van der Waals surface area contributed by atoms with Crippen molar-refractivity contribution >= 4 is 11.6 Å². The lowest BCUT2D eigenvalue weighted by atomic mass is 10.1. The van der Waals surface area contributed by atoms with Crippen molar-refractivity contribution in [2.45, 2.75) is 26.8 Å². The average Bonchev–Trinajstić information content (AvgIpc) is 2.85. The number of methoxy groups -OCH3 is 1. The fourth-order valence-electron chi connectivity index (χ4n) is 4.22. The van der Waals surface area contributed by atoms with Crippen molar-refractivity contribution in [3.63, 3.8) is 0 Å². The molecule has 0 aliphatic carbocycles. The molecule has 0 spiro atoms. The number of ether oxygens (including phenoxy) is 1. The summed E-state index contributed by atoms with van der Waals surface area (Å²) in [7, 11) is 1.61.